The summed E-state index contributed by atoms with van der Waals surface area (Å²) in [4.78, 5) is 9.19. The zero-order chi connectivity index (χ0) is 14.3. The molecule has 0 amide bonds. The maximum atomic E-state index is 6.01. The first-order valence-electron chi connectivity index (χ1n) is 8.38. The minimum Gasteiger partial charge on any atom is -0.369 e. The van der Waals surface area contributed by atoms with E-state index in [1.165, 1.54) is 49.8 Å². The van der Waals surface area contributed by atoms with E-state index in [0.29, 0.717) is 11.4 Å². The number of nitrogens with one attached hydrogen (secondary N) is 2. The molecule has 0 unspecified atom stereocenters. The molecular weight excluding hydrogens is 262 g/mol. The molecule has 21 heavy (non-hydrogen) atoms. The Bertz CT molecular complexity index is 532. The average Bonchev–Trinajstić information content (AvgIpc) is 2.88. The van der Waals surface area contributed by atoms with Gasteiger partial charge in [0.15, 0.2) is 0 Å². The Morgan fingerprint density at radius 3 is 2.62 bits per heavy atom. The van der Waals surface area contributed by atoms with Crippen molar-refractivity contribution < 1.29 is 0 Å². The van der Waals surface area contributed by atoms with Gasteiger partial charge in [0, 0.05) is 36.5 Å². The van der Waals surface area contributed by atoms with Crippen molar-refractivity contribution in [1.82, 2.24) is 15.3 Å². The molecule has 1 aromatic heterocycles. The molecule has 2 aliphatic carbocycles. The van der Waals surface area contributed by atoms with Crippen LogP contribution in [0.3, 0.4) is 0 Å². The van der Waals surface area contributed by atoms with E-state index in [4.69, 9.17) is 5.73 Å². The monoisotopic (exact) mass is 287 g/mol. The second-order valence-electron chi connectivity index (χ2n) is 7.00. The van der Waals surface area contributed by atoms with E-state index in [0.717, 1.165) is 37.8 Å². The van der Waals surface area contributed by atoms with Crippen molar-refractivity contribution in [3.8, 4) is 0 Å². The zero-order valence-corrected chi connectivity index (χ0v) is 12.6. The fourth-order valence-corrected chi connectivity index (χ4v) is 4.32. The normalized spacial score (nSPS) is 23.8. The van der Waals surface area contributed by atoms with Gasteiger partial charge in [0.1, 0.15) is 5.82 Å². The van der Waals surface area contributed by atoms with Gasteiger partial charge in [-0.2, -0.15) is 4.98 Å². The third kappa shape index (κ3) is 2.27. The summed E-state index contributed by atoms with van der Waals surface area (Å²) in [5.41, 5.74) is 8.94. The minimum absolute atomic E-state index is 0.305. The van der Waals surface area contributed by atoms with E-state index in [1.807, 2.05) is 0 Å². The fourth-order valence-electron chi connectivity index (χ4n) is 4.32. The maximum Gasteiger partial charge on any atom is 0.222 e. The molecule has 5 heteroatoms. The predicted octanol–water partition coefficient (Wildman–Crippen LogP) is 1.84. The third-order valence-electron chi connectivity index (χ3n) is 5.59. The van der Waals surface area contributed by atoms with Crippen molar-refractivity contribution in [2.45, 2.75) is 50.4 Å². The van der Waals surface area contributed by atoms with E-state index in [9.17, 15) is 0 Å². The van der Waals surface area contributed by atoms with Crippen LogP contribution >= 0.6 is 0 Å². The van der Waals surface area contributed by atoms with Crippen molar-refractivity contribution in [2.24, 2.45) is 5.92 Å². The zero-order valence-electron chi connectivity index (χ0n) is 12.6. The Morgan fingerprint density at radius 1 is 1.14 bits per heavy atom. The molecule has 3 aliphatic rings. The van der Waals surface area contributed by atoms with Crippen molar-refractivity contribution in [2.75, 3.05) is 30.7 Å². The molecule has 5 nitrogen and oxygen atoms in total. The average molecular weight is 287 g/mol. The maximum absolute atomic E-state index is 6.01. The van der Waals surface area contributed by atoms with Gasteiger partial charge in [-0.25, -0.2) is 4.98 Å². The molecule has 0 aromatic carbocycles. The molecule has 1 spiro atoms. The molecule has 0 bridgehead atoms. The Labute approximate surface area is 126 Å². The Balaban J connectivity index is 1.66. The fraction of sp³-hybridized carbons (Fsp3) is 0.750. The Morgan fingerprint density at radius 2 is 1.90 bits per heavy atom. The second-order valence-corrected chi connectivity index (χ2v) is 7.00. The molecule has 1 aromatic rings. The van der Waals surface area contributed by atoms with Gasteiger partial charge in [0.25, 0.3) is 0 Å². The smallest absolute Gasteiger partial charge is 0.222 e. The molecule has 4 N–H and O–H groups in total. The van der Waals surface area contributed by atoms with E-state index in [1.54, 1.807) is 0 Å². The van der Waals surface area contributed by atoms with E-state index < -0.39 is 0 Å². The third-order valence-corrected chi connectivity index (χ3v) is 5.59. The summed E-state index contributed by atoms with van der Waals surface area (Å²) in [6, 6.07) is 0. The van der Waals surface area contributed by atoms with Gasteiger partial charge in [-0.1, -0.05) is 12.8 Å². The van der Waals surface area contributed by atoms with Crippen molar-refractivity contribution >= 4 is 11.8 Å². The number of aromatic nitrogens is 2. The summed E-state index contributed by atoms with van der Waals surface area (Å²) in [6.07, 6.45) is 8.87. The quantitative estimate of drug-likeness (QED) is 0.791. The van der Waals surface area contributed by atoms with E-state index >= 15 is 0 Å². The van der Waals surface area contributed by atoms with Gasteiger partial charge in [-0.05, 0) is 32.1 Å². The molecule has 2 fully saturated rings. The van der Waals surface area contributed by atoms with Crippen LogP contribution in [0.4, 0.5) is 11.8 Å². The van der Waals surface area contributed by atoms with Crippen LogP contribution in [0.25, 0.3) is 0 Å². The van der Waals surface area contributed by atoms with Crippen LogP contribution in [0, 0.1) is 5.92 Å². The number of hydrogen-bond acceptors (Lipinski definition) is 5. The highest BCUT2D eigenvalue weighted by Crippen LogP contribution is 2.49. The summed E-state index contributed by atoms with van der Waals surface area (Å²) >= 11 is 0. The summed E-state index contributed by atoms with van der Waals surface area (Å²) in [6.45, 7) is 3.21. The highest BCUT2D eigenvalue weighted by Gasteiger charge is 2.41. The van der Waals surface area contributed by atoms with Crippen molar-refractivity contribution in [3.63, 3.8) is 0 Å². The largest absolute Gasteiger partial charge is 0.369 e. The van der Waals surface area contributed by atoms with Crippen LogP contribution in [0.15, 0.2) is 0 Å². The predicted molar refractivity (Wildman–Crippen MR) is 84.4 cm³/mol. The van der Waals surface area contributed by atoms with Crippen LogP contribution in [-0.4, -0.2) is 29.6 Å². The van der Waals surface area contributed by atoms with Crippen LogP contribution in [0.5, 0.6) is 0 Å². The van der Waals surface area contributed by atoms with Gasteiger partial charge in [-0.3, -0.25) is 0 Å². The van der Waals surface area contributed by atoms with E-state index in [-0.39, 0.29) is 0 Å². The van der Waals surface area contributed by atoms with Gasteiger partial charge < -0.3 is 16.4 Å². The lowest BCUT2D eigenvalue weighted by molar-refractivity contribution is 0.355. The van der Waals surface area contributed by atoms with Crippen molar-refractivity contribution in [3.05, 3.63) is 11.3 Å². The summed E-state index contributed by atoms with van der Waals surface area (Å²) in [5, 5.41) is 6.86. The first kappa shape index (κ1) is 13.3. The summed E-state index contributed by atoms with van der Waals surface area (Å²) < 4.78 is 0. The van der Waals surface area contributed by atoms with Gasteiger partial charge in [-0.15, -0.1) is 0 Å². The van der Waals surface area contributed by atoms with Gasteiger partial charge in [0.05, 0.1) is 5.69 Å². The standard InChI is InChI=1S/C16H25N5/c17-15-20-13-12(4-3-7-16(13)5-1-2-6-16)14(21-15)19-10-11-8-18-9-11/h11,18H,1-10H2,(H3,17,19,20,21). The number of fused-ring (bicyclic) bond motifs is 2. The minimum atomic E-state index is 0.305. The van der Waals surface area contributed by atoms with Crippen LogP contribution in [0.2, 0.25) is 0 Å². The van der Waals surface area contributed by atoms with Crippen molar-refractivity contribution in [1.29, 1.82) is 0 Å². The van der Waals surface area contributed by atoms with Crippen LogP contribution in [-0.2, 0) is 11.8 Å². The lowest BCUT2D eigenvalue weighted by atomic mass is 9.72. The molecule has 1 saturated carbocycles. The second kappa shape index (κ2) is 5.13. The summed E-state index contributed by atoms with van der Waals surface area (Å²) in [7, 11) is 0. The number of rotatable bonds is 3. The molecule has 1 aliphatic heterocycles. The Kier molecular flexibility index (Phi) is 3.25. The van der Waals surface area contributed by atoms with Crippen LogP contribution in [0.1, 0.15) is 49.8 Å². The number of anilines is 2. The number of hydrogen-bond donors (Lipinski definition) is 3. The Hall–Kier alpha value is -1.36. The lowest BCUT2D eigenvalue weighted by Crippen LogP contribution is -2.45. The molecule has 0 radical (unpaired) electrons. The highest BCUT2D eigenvalue weighted by molar-refractivity contribution is 5.53. The summed E-state index contributed by atoms with van der Waals surface area (Å²) in [5.74, 6) is 2.17. The molecular formula is C16H25N5. The molecule has 1 saturated heterocycles. The SMILES string of the molecule is Nc1nc(NCC2CNC2)c2c(n1)C1(CCCC1)CCC2. The van der Waals surface area contributed by atoms with Gasteiger partial charge in [0.2, 0.25) is 5.95 Å². The number of nitrogens with zero attached hydrogens (tertiary/aromatic N) is 2. The number of nitrogens with two attached hydrogens (primary N) is 1. The highest BCUT2D eigenvalue weighted by atomic mass is 15.1. The lowest BCUT2D eigenvalue weighted by Gasteiger charge is -2.36. The molecule has 114 valence electrons. The molecule has 2 heterocycles. The number of nitrogen functional groups attached to an aromatic ring is 1. The van der Waals surface area contributed by atoms with E-state index in [2.05, 4.69) is 20.6 Å². The van der Waals surface area contributed by atoms with Crippen LogP contribution < -0.4 is 16.4 Å². The molecule has 4 rings (SSSR count). The van der Waals surface area contributed by atoms with Gasteiger partial charge >= 0.3 is 0 Å². The molecule has 0 atom stereocenters. The first-order chi connectivity index (χ1) is 10.3. The topological polar surface area (TPSA) is 75.9 Å². The first-order valence-corrected chi connectivity index (χ1v) is 8.38.